The number of aromatic nitrogens is 3. The Labute approximate surface area is 123 Å². The van der Waals surface area contributed by atoms with Gasteiger partial charge < -0.3 is 9.88 Å². The molecule has 0 atom stereocenters. The summed E-state index contributed by atoms with van der Waals surface area (Å²) in [6.07, 6.45) is 2.55. The zero-order valence-corrected chi connectivity index (χ0v) is 12.7. The summed E-state index contributed by atoms with van der Waals surface area (Å²) in [5.74, 6) is -0.104. The molecular weight excluding hydrogens is 276 g/mol. The molecule has 1 amide bonds. The molecule has 2 aromatic heterocycles. The molecule has 0 radical (unpaired) electrons. The van der Waals surface area contributed by atoms with Crippen LogP contribution in [0.15, 0.2) is 18.3 Å². The van der Waals surface area contributed by atoms with Crippen molar-refractivity contribution in [1.29, 1.82) is 0 Å². The van der Waals surface area contributed by atoms with Crippen molar-refractivity contribution in [3.63, 3.8) is 0 Å². The van der Waals surface area contributed by atoms with Crippen LogP contribution in [0.25, 0.3) is 0 Å². The molecule has 0 bridgehead atoms. The summed E-state index contributed by atoms with van der Waals surface area (Å²) in [4.78, 5) is 11.9. The van der Waals surface area contributed by atoms with E-state index in [0.717, 1.165) is 24.4 Å². The molecule has 0 spiro atoms. The maximum absolute atomic E-state index is 11.9. The fourth-order valence-electron chi connectivity index (χ4n) is 2.17. The SMILES string of the molecule is Cc1cc(C)n(CCCNC(=O)c2cc(Cl)cn2C)n1. The quantitative estimate of drug-likeness (QED) is 0.861. The van der Waals surface area contributed by atoms with Crippen LogP contribution in [0.5, 0.6) is 0 Å². The number of hydrogen-bond acceptors (Lipinski definition) is 2. The first-order chi connectivity index (χ1) is 9.47. The summed E-state index contributed by atoms with van der Waals surface area (Å²) in [7, 11) is 1.80. The molecule has 1 N–H and O–H groups in total. The molecule has 0 fully saturated rings. The maximum Gasteiger partial charge on any atom is 0.267 e. The Hall–Kier alpha value is -1.75. The van der Waals surface area contributed by atoms with Crippen molar-refractivity contribution in [3.05, 3.63) is 40.4 Å². The average molecular weight is 295 g/mol. The third-order valence-electron chi connectivity index (χ3n) is 3.14. The molecular formula is C14H19ClN4O. The summed E-state index contributed by atoms with van der Waals surface area (Å²) in [5, 5.41) is 7.84. The first-order valence-electron chi connectivity index (χ1n) is 6.58. The van der Waals surface area contributed by atoms with Gasteiger partial charge in [0.15, 0.2) is 0 Å². The summed E-state index contributed by atoms with van der Waals surface area (Å²) >= 11 is 5.86. The van der Waals surface area contributed by atoms with Crippen LogP contribution in [-0.2, 0) is 13.6 Å². The molecule has 108 valence electrons. The Balaban J connectivity index is 1.80. The number of nitrogens with one attached hydrogen (secondary N) is 1. The molecule has 0 saturated heterocycles. The molecule has 0 unspecified atom stereocenters. The fourth-order valence-corrected chi connectivity index (χ4v) is 2.42. The van der Waals surface area contributed by atoms with E-state index in [0.29, 0.717) is 17.3 Å². The molecule has 0 aliphatic rings. The van der Waals surface area contributed by atoms with Gasteiger partial charge in [-0.05, 0) is 32.4 Å². The van der Waals surface area contributed by atoms with E-state index in [1.165, 1.54) is 0 Å². The van der Waals surface area contributed by atoms with Gasteiger partial charge in [-0.1, -0.05) is 11.6 Å². The lowest BCUT2D eigenvalue weighted by molar-refractivity contribution is 0.0944. The third kappa shape index (κ3) is 3.42. The van der Waals surface area contributed by atoms with Gasteiger partial charge in [-0.15, -0.1) is 0 Å². The summed E-state index contributed by atoms with van der Waals surface area (Å²) < 4.78 is 3.68. The van der Waals surface area contributed by atoms with E-state index in [-0.39, 0.29) is 5.91 Å². The van der Waals surface area contributed by atoms with Crippen LogP contribution in [0.3, 0.4) is 0 Å². The lowest BCUT2D eigenvalue weighted by atomic mass is 10.3. The van der Waals surface area contributed by atoms with E-state index >= 15 is 0 Å². The highest BCUT2D eigenvalue weighted by atomic mass is 35.5. The Kier molecular flexibility index (Phi) is 4.49. The molecule has 5 nitrogen and oxygen atoms in total. The van der Waals surface area contributed by atoms with Crippen LogP contribution >= 0.6 is 11.6 Å². The largest absolute Gasteiger partial charge is 0.351 e. The number of amides is 1. The minimum atomic E-state index is -0.104. The lowest BCUT2D eigenvalue weighted by Gasteiger charge is -2.07. The van der Waals surface area contributed by atoms with Crippen LogP contribution in [0, 0.1) is 13.8 Å². The second kappa shape index (κ2) is 6.13. The van der Waals surface area contributed by atoms with Gasteiger partial charge >= 0.3 is 0 Å². The second-order valence-electron chi connectivity index (χ2n) is 4.91. The van der Waals surface area contributed by atoms with E-state index in [1.807, 2.05) is 24.6 Å². The number of carbonyl (C=O) groups is 1. The smallest absolute Gasteiger partial charge is 0.267 e. The van der Waals surface area contributed by atoms with Crippen molar-refractivity contribution in [3.8, 4) is 0 Å². The van der Waals surface area contributed by atoms with E-state index in [4.69, 9.17) is 11.6 Å². The van der Waals surface area contributed by atoms with Gasteiger partial charge in [-0.3, -0.25) is 9.48 Å². The predicted molar refractivity (Wildman–Crippen MR) is 79.1 cm³/mol. The van der Waals surface area contributed by atoms with E-state index < -0.39 is 0 Å². The van der Waals surface area contributed by atoms with Gasteiger partial charge in [0.1, 0.15) is 5.69 Å². The molecule has 0 aromatic carbocycles. The Morgan fingerprint density at radius 3 is 2.70 bits per heavy atom. The Morgan fingerprint density at radius 1 is 1.40 bits per heavy atom. The summed E-state index contributed by atoms with van der Waals surface area (Å²) in [6.45, 7) is 5.42. The van der Waals surface area contributed by atoms with Crippen LogP contribution in [0.4, 0.5) is 0 Å². The highest BCUT2D eigenvalue weighted by molar-refractivity contribution is 6.31. The standard InChI is InChI=1S/C14H19ClN4O/c1-10-7-11(2)19(17-10)6-4-5-16-14(20)13-8-12(15)9-18(13)3/h7-9H,4-6H2,1-3H3,(H,16,20). The minimum Gasteiger partial charge on any atom is -0.351 e. The van der Waals surface area contributed by atoms with Gasteiger partial charge in [0.2, 0.25) is 0 Å². The van der Waals surface area contributed by atoms with Gasteiger partial charge in [0, 0.05) is 32.0 Å². The first-order valence-corrected chi connectivity index (χ1v) is 6.96. The van der Waals surface area contributed by atoms with Crippen molar-refractivity contribution in [1.82, 2.24) is 19.7 Å². The molecule has 6 heteroatoms. The van der Waals surface area contributed by atoms with Crippen LogP contribution < -0.4 is 5.32 Å². The van der Waals surface area contributed by atoms with Crippen molar-refractivity contribution < 1.29 is 4.79 Å². The zero-order valence-electron chi connectivity index (χ0n) is 12.0. The van der Waals surface area contributed by atoms with Crippen molar-refractivity contribution in [2.24, 2.45) is 7.05 Å². The maximum atomic E-state index is 11.9. The van der Waals surface area contributed by atoms with Gasteiger partial charge in [0.25, 0.3) is 5.91 Å². The fraction of sp³-hybridized carbons (Fsp3) is 0.429. The van der Waals surface area contributed by atoms with Gasteiger partial charge in [-0.25, -0.2) is 0 Å². The number of nitrogens with zero attached hydrogens (tertiary/aromatic N) is 3. The van der Waals surface area contributed by atoms with Crippen LogP contribution in [-0.4, -0.2) is 26.8 Å². The summed E-state index contributed by atoms with van der Waals surface area (Å²) in [5.41, 5.74) is 2.73. The number of hydrogen-bond donors (Lipinski definition) is 1. The molecule has 0 aliphatic carbocycles. The van der Waals surface area contributed by atoms with Crippen LogP contribution in [0.2, 0.25) is 5.02 Å². The molecule has 2 heterocycles. The molecule has 2 rings (SSSR count). The van der Waals surface area contributed by atoms with Crippen molar-refractivity contribution in [2.75, 3.05) is 6.54 Å². The molecule has 2 aromatic rings. The average Bonchev–Trinajstić information content (AvgIpc) is 2.87. The monoisotopic (exact) mass is 294 g/mol. The number of halogens is 1. The first kappa shape index (κ1) is 14.7. The highest BCUT2D eigenvalue weighted by Crippen LogP contribution is 2.12. The molecule has 20 heavy (non-hydrogen) atoms. The van der Waals surface area contributed by atoms with E-state index in [1.54, 1.807) is 23.9 Å². The minimum absolute atomic E-state index is 0.104. The Bertz CT molecular complexity index is 615. The van der Waals surface area contributed by atoms with Crippen molar-refractivity contribution in [2.45, 2.75) is 26.8 Å². The number of rotatable bonds is 5. The van der Waals surface area contributed by atoms with Crippen LogP contribution in [0.1, 0.15) is 28.3 Å². The third-order valence-corrected chi connectivity index (χ3v) is 3.35. The highest BCUT2D eigenvalue weighted by Gasteiger charge is 2.10. The Morgan fingerprint density at radius 2 is 2.15 bits per heavy atom. The normalized spacial score (nSPS) is 10.8. The molecule has 0 saturated carbocycles. The second-order valence-corrected chi connectivity index (χ2v) is 5.35. The molecule has 0 aliphatic heterocycles. The van der Waals surface area contributed by atoms with E-state index in [9.17, 15) is 4.79 Å². The predicted octanol–water partition coefficient (Wildman–Crippen LogP) is 2.31. The lowest BCUT2D eigenvalue weighted by Crippen LogP contribution is -2.27. The number of carbonyl (C=O) groups excluding carboxylic acids is 1. The van der Waals surface area contributed by atoms with Gasteiger partial charge in [0.05, 0.1) is 10.7 Å². The van der Waals surface area contributed by atoms with E-state index in [2.05, 4.69) is 10.4 Å². The van der Waals surface area contributed by atoms with Gasteiger partial charge in [-0.2, -0.15) is 5.10 Å². The topological polar surface area (TPSA) is 51.9 Å². The summed E-state index contributed by atoms with van der Waals surface area (Å²) in [6, 6.07) is 3.71. The van der Waals surface area contributed by atoms with Crippen molar-refractivity contribution >= 4 is 17.5 Å². The zero-order chi connectivity index (χ0) is 14.7. The number of aryl methyl sites for hydroxylation is 4.